The Bertz CT molecular complexity index is 876. The molecular formula is C20H22FN3O4S. The Kier molecular flexibility index (Phi) is 8.14. The van der Waals surface area contributed by atoms with Gasteiger partial charge >= 0.3 is 0 Å². The minimum absolute atomic E-state index is 0.00490. The summed E-state index contributed by atoms with van der Waals surface area (Å²) in [4.78, 5) is 36.4. The predicted octanol–water partition coefficient (Wildman–Crippen LogP) is 3.13. The van der Waals surface area contributed by atoms with Crippen molar-refractivity contribution in [2.75, 3.05) is 12.8 Å². The molecule has 9 heteroatoms. The van der Waals surface area contributed by atoms with E-state index in [4.69, 9.17) is 0 Å². The minimum atomic E-state index is -0.757. The second-order valence-corrected chi connectivity index (χ2v) is 7.31. The van der Waals surface area contributed by atoms with Crippen molar-refractivity contribution in [3.05, 3.63) is 75.6 Å². The summed E-state index contributed by atoms with van der Waals surface area (Å²) >= 11 is 1.32. The lowest BCUT2D eigenvalue weighted by Crippen LogP contribution is -2.47. The maximum atomic E-state index is 14.0. The van der Waals surface area contributed by atoms with Crippen LogP contribution in [0.15, 0.2) is 48.5 Å². The van der Waals surface area contributed by atoms with Gasteiger partial charge in [0.05, 0.1) is 10.7 Å². The van der Waals surface area contributed by atoms with Crippen molar-refractivity contribution in [2.24, 2.45) is 0 Å². The van der Waals surface area contributed by atoms with Crippen molar-refractivity contribution in [1.82, 2.24) is 10.2 Å². The maximum Gasteiger partial charge on any atom is 0.269 e. The molecule has 0 bridgehead atoms. The average Bonchev–Trinajstić information content (AvgIpc) is 2.72. The number of halogens is 1. The monoisotopic (exact) mass is 419 g/mol. The molecule has 29 heavy (non-hydrogen) atoms. The number of nitro benzene ring substituents is 1. The topological polar surface area (TPSA) is 92.6 Å². The normalized spacial score (nSPS) is 11.6. The van der Waals surface area contributed by atoms with Crippen LogP contribution in [-0.4, -0.2) is 40.5 Å². The van der Waals surface area contributed by atoms with Gasteiger partial charge in [0.2, 0.25) is 11.8 Å². The molecule has 2 rings (SSSR count). The van der Waals surface area contributed by atoms with Crippen LogP contribution in [0.4, 0.5) is 10.1 Å². The largest absolute Gasteiger partial charge is 0.357 e. The number of amides is 2. The van der Waals surface area contributed by atoms with E-state index in [9.17, 15) is 24.1 Å². The van der Waals surface area contributed by atoms with Crippen LogP contribution in [0.5, 0.6) is 0 Å². The lowest BCUT2D eigenvalue weighted by molar-refractivity contribution is -0.384. The average molecular weight is 419 g/mol. The fourth-order valence-electron chi connectivity index (χ4n) is 2.65. The van der Waals surface area contributed by atoms with Crippen LogP contribution in [0, 0.1) is 15.9 Å². The van der Waals surface area contributed by atoms with Gasteiger partial charge in [0, 0.05) is 37.0 Å². The van der Waals surface area contributed by atoms with Crippen molar-refractivity contribution >= 4 is 29.3 Å². The number of nitrogens with one attached hydrogen (secondary N) is 1. The Morgan fingerprint density at radius 3 is 2.45 bits per heavy atom. The maximum absolute atomic E-state index is 14.0. The molecule has 0 aromatic heterocycles. The van der Waals surface area contributed by atoms with Crippen LogP contribution in [-0.2, 0) is 21.9 Å². The van der Waals surface area contributed by atoms with Crippen molar-refractivity contribution in [3.63, 3.8) is 0 Å². The molecule has 0 aliphatic rings. The van der Waals surface area contributed by atoms with E-state index in [0.29, 0.717) is 11.3 Å². The van der Waals surface area contributed by atoms with Gasteiger partial charge in [-0.2, -0.15) is 0 Å². The van der Waals surface area contributed by atoms with Gasteiger partial charge in [0.15, 0.2) is 0 Å². The standard InChI is InChI=1S/C20H22FN3O4S/c1-14(20(26)22-2)23(11-16-5-3-4-6-18(16)21)19(25)13-29-12-15-7-9-17(10-8-15)24(27)28/h3-10,14H,11-13H2,1-2H3,(H,22,26)/t14-/m1/s1. The first-order valence-electron chi connectivity index (χ1n) is 8.89. The number of nitrogens with zero attached hydrogens (tertiary/aromatic N) is 2. The highest BCUT2D eigenvalue weighted by atomic mass is 32.2. The molecule has 7 nitrogen and oxygen atoms in total. The number of hydrogen-bond acceptors (Lipinski definition) is 5. The molecule has 2 amide bonds. The van der Waals surface area contributed by atoms with Crippen molar-refractivity contribution < 1.29 is 18.9 Å². The number of benzene rings is 2. The van der Waals surface area contributed by atoms with Crippen LogP contribution >= 0.6 is 11.8 Å². The first-order valence-corrected chi connectivity index (χ1v) is 10.0. The molecule has 1 N–H and O–H groups in total. The number of thioether (sulfide) groups is 1. The van der Waals surface area contributed by atoms with Gasteiger partial charge in [-0.15, -0.1) is 11.8 Å². The lowest BCUT2D eigenvalue weighted by atomic mass is 10.1. The molecule has 1 atom stereocenters. The molecule has 0 unspecified atom stereocenters. The Hall–Kier alpha value is -2.94. The first-order chi connectivity index (χ1) is 13.8. The summed E-state index contributed by atoms with van der Waals surface area (Å²) in [5.41, 5.74) is 1.18. The Labute approximate surface area is 172 Å². The lowest BCUT2D eigenvalue weighted by Gasteiger charge is -2.28. The Morgan fingerprint density at radius 1 is 1.21 bits per heavy atom. The SMILES string of the molecule is CNC(=O)[C@@H](C)N(Cc1ccccc1F)C(=O)CSCc1ccc([N+](=O)[O-])cc1. The van der Waals surface area contributed by atoms with Crippen molar-refractivity contribution in [2.45, 2.75) is 25.3 Å². The molecule has 0 aliphatic carbocycles. The quantitative estimate of drug-likeness (QED) is 0.498. The van der Waals surface area contributed by atoms with E-state index >= 15 is 0 Å². The molecule has 0 spiro atoms. The van der Waals surface area contributed by atoms with Crippen LogP contribution < -0.4 is 5.32 Å². The summed E-state index contributed by atoms with van der Waals surface area (Å²) < 4.78 is 14.0. The van der Waals surface area contributed by atoms with Gasteiger partial charge in [-0.1, -0.05) is 30.3 Å². The molecule has 0 aliphatic heterocycles. The Morgan fingerprint density at radius 2 is 1.86 bits per heavy atom. The number of carbonyl (C=O) groups excluding carboxylic acids is 2. The van der Waals surface area contributed by atoms with Gasteiger partial charge < -0.3 is 10.2 Å². The van der Waals surface area contributed by atoms with Crippen LogP contribution in [0.3, 0.4) is 0 Å². The second-order valence-electron chi connectivity index (χ2n) is 6.32. The predicted molar refractivity (Wildman–Crippen MR) is 110 cm³/mol. The molecule has 0 radical (unpaired) electrons. The summed E-state index contributed by atoms with van der Waals surface area (Å²) in [6, 6.07) is 11.5. The summed E-state index contributed by atoms with van der Waals surface area (Å²) in [6.45, 7) is 1.58. The zero-order valence-corrected chi connectivity index (χ0v) is 16.9. The van der Waals surface area contributed by atoms with Crippen molar-refractivity contribution in [3.8, 4) is 0 Å². The summed E-state index contributed by atoms with van der Waals surface area (Å²) in [5.74, 6) is -0.502. The van der Waals surface area contributed by atoms with Gasteiger partial charge in [0.1, 0.15) is 11.9 Å². The summed E-state index contributed by atoms with van der Waals surface area (Å²) in [5, 5.41) is 13.2. The fraction of sp³-hybridized carbons (Fsp3) is 0.300. The van der Waals surface area contributed by atoms with Gasteiger partial charge in [-0.3, -0.25) is 19.7 Å². The third-order valence-electron chi connectivity index (χ3n) is 4.35. The molecule has 0 fully saturated rings. The Balaban J connectivity index is 2.03. The highest BCUT2D eigenvalue weighted by Gasteiger charge is 2.26. The summed E-state index contributed by atoms with van der Waals surface area (Å²) in [6.07, 6.45) is 0. The van der Waals surface area contributed by atoms with E-state index in [1.807, 2.05) is 0 Å². The van der Waals surface area contributed by atoms with E-state index in [1.54, 1.807) is 37.3 Å². The zero-order chi connectivity index (χ0) is 21.4. The zero-order valence-electron chi connectivity index (χ0n) is 16.1. The van der Waals surface area contributed by atoms with E-state index in [2.05, 4.69) is 5.32 Å². The van der Waals surface area contributed by atoms with Crippen LogP contribution in [0.1, 0.15) is 18.1 Å². The number of carbonyl (C=O) groups is 2. The number of non-ortho nitro benzene ring substituents is 1. The molecule has 0 saturated heterocycles. The summed E-state index contributed by atoms with van der Waals surface area (Å²) in [7, 11) is 1.48. The molecular weight excluding hydrogens is 397 g/mol. The third-order valence-corrected chi connectivity index (χ3v) is 5.34. The number of hydrogen-bond donors (Lipinski definition) is 1. The number of likely N-dealkylation sites (N-methyl/N-ethyl adjacent to an activating group) is 1. The number of rotatable bonds is 9. The fourth-order valence-corrected chi connectivity index (χ4v) is 3.53. The van der Waals surface area contributed by atoms with E-state index < -0.39 is 16.8 Å². The third kappa shape index (κ3) is 6.28. The van der Waals surface area contributed by atoms with E-state index in [0.717, 1.165) is 5.56 Å². The van der Waals surface area contributed by atoms with Crippen molar-refractivity contribution in [1.29, 1.82) is 0 Å². The second kappa shape index (κ2) is 10.6. The van der Waals surface area contributed by atoms with Gasteiger partial charge in [0.25, 0.3) is 5.69 Å². The minimum Gasteiger partial charge on any atom is -0.357 e. The molecule has 0 saturated carbocycles. The first kappa shape index (κ1) is 22.4. The molecule has 0 heterocycles. The molecule has 154 valence electrons. The molecule has 2 aromatic rings. The number of nitro groups is 1. The van der Waals surface area contributed by atoms with E-state index in [1.165, 1.54) is 41.9 Å². The smallest absolute Gasteiger partial charge is 0.269 e. The molecule has 2 aromatic carbocycles. The van der Waals surface area contributed by atoms with Gasteiger partial charge in [-0.25, -0.2) is 4.39 Å². The van der Waals surface area contributed by atoms with Crippen LogP contribution in [0.25, 0.3) is 0 Å². The highest BCUT2D eigenvalue weighted by Crippen LogP contribution is 2.19. The van der Waals surface area contributed by atoms with E-state index in [-0.39, 0.29) is 29.8 Å². The van der Waals surface area contributed by atoms with Gasteiger partial charge in [-0.05, 0) is 18.6 Å². The van der Waals surface area contributed by atoms with Crippen LogP contribution in [0.2, 0.25) is 0 Å². The highest BCUT2D eigenvalue weighted by molar-refractivity contribution is 7.99.